The zero-order valence-electron chi connectivity index (χ0n) is 19.8. The molecule has 0 saturated heterocycles. The van der Waals surface area contributed by atoms with Crippen molar-refractivity contribution < 1.29 is 0 Å². The molecule has 0 spiro atoms. The standard InChI is InChI=1S/C30H32N2S2/c1-25(29-19-11-5-12-20-29)31(23-27-15-7-3-8-16-27)33-34-32(24-28-17-9-4-10-18-28)26(2)30-21-13-6-14-22-30/h3-22,25-26H,23-24H2,1-2H3/t25-,26-/m0/s1. The van der Waals surface area contributed by atoms with Gasteiger partial charge in [-0.25, -0.2) is 8.61 Å². The molecule has 0 aliphatic rings. The van der Waals surface area contributed by atoms with Crippen molar-refractivity contribution in [2.24, 2.45) is 0 Å². The summed E-state index contributed by atoms with van der Waals surface area (Å²) in [4.78, 5) is 0. The lowest BCUT2D eigenvalue weighted by Crippen LogP contribution is -2.23. The lowest BCUT2D eigenvalue weighted by atomic mass is 10.1. The quantitative estimate of drug-likeness (QED) is 0.155. The van der Waals surface area contributed by atoms with Crippen molar-refractivity contribution in [2.45, 2.75) is 39.0 Å². The van der Waals surface area contributed by atoms with E-state index < -0.39 is 0 Å². The first-order chi connectivity index (χ1) is 16.7. The molecule has 174 valence electrons. The van der Waals surface area contributed by atoms with Crippen LogP contribution in [-0.4, -0.2) is 8.61 Å². The molecule has 0 aliphatic heterocycles. The van der Waals surface area contributed by atoms with Crippen molar-refractivity contribution in [1.29, 1.82) is 0 Å². The zero-order chi connectivity index (χ0) is 23.6. The first-order valence-corrected chi connectivity index (χ1v) is 13.8. The molecule has 0 saturated carbocycles. The molecule has 0 fully saturated rings. The molecule has 0 aliphatic carbocycles. The van der Waals surface area contributed by atoms with Gasteiger partial charge in [0.05, 0.1) is 0 Å². The van der Waals surface area contributed by atoms with Gasteiger partial charge in [-0.15, -0.1) is 0 Å². The summed E-state index contributed by atoms with van der Waals surface area (Å²) in [6, 6.07) is 43.7. The van der Waals surface area contributed by atoms with Gasteiger partial charge >= 0.3 is 0 Å². The lowest BCUT2D eigenvalue weighted by Gasteiger charge is -2.32. The maximum Gasteiger partial charge on any atom is 0.0435 e. The van der Waals surface area contributed by atoms with Crippen molar-refractivity contribution in [2.75, 3.05) is 0 Å². The maximum absolute atomic E-state index is 2.49. The Labute approximate surface area is 212 Å². The lowest BCUT2D eigenvalue weighted by molar-refractivity contribution is 0.372. The Morgan fingerprint density at radius 3 is 1.09 bits per heavy atom. The molecule has 4 rings (SSSR count). The highest BCUT2D eigenvalue weighted by molar-refractivity contribution is 8.74. The molecule has 4 heteroatoms. The zero-order valence-corrected chi connectivity index (χ0v) is 21.5. The van der Waals surface area contributed by atoms with E-state index in [4.69, 9.17) is 0 Å². The highest BCUT2D eigenvalue weighted by atomic mass is 33.1. The fourth-order valence-corrected chi connectivity index (χ4v) is 6.54. The van der Waals surface area contributed by atoms with Crippen molar-refractivity contribution in [3.63, 3.8) is 0 Å². The second-order valence-corrected chi connectivity index (χ2v) is 10.6. The first kappa shape index (κ1) is 24.6. The number of nitrogens with zero attached hydrogens (tertiary/aromatic N) is 2. The molecule has 2 atom stereocenters. The van der Waals surface area contributed by atoms with E-state index in [0.717, 1.165) is 13.1 Å². The van der Waals surface area contributed by atoms with Crippen LogP contribution in [0.1, 0.15) is 48.2 Å². The van der Waals surface area contributed by atoms with Crippen LogP contribution >= 0.6 is 22.0 Å². The maximum atomic E-state index is 2.49. The summed E-state index contributed by atoms with van der Waals surface area (Å²) in [7, 11) is 3.69. The third kappa shape index (κ3) is 7.00. The smallest absolute Gasteiger partial charge is 0.0435 e. The van der Waals surface area contributed by atoms with E-state index >= 15 is 0 Å². The monoisotopic (exact) mass is 484 g/mol. The van der Waals surface area contributed by atoms with Gasteiger partial charge in [0.2, 0.25) is 0 Å². The SMILES string of the molecule is C[C@@H](c1ccccc1)N(Cc1ccccc1)SSN(Cc1ccccc1)[C@@H](C)c1ccccc1. The minimum Gasteiger partial charge on any atom is -0.229 e. The molecule has 0 amide bonds. The van der Waals surface area contributed by atoms with Crippen LogP contribution in [0.2, 0.25) is 0 Å². The molecule has 2 nitrogen and oxygen atoms in total. The minimum absolute atomic E-state index is 0.282. The van der Waals surface area contributed by atoms with Crippen LogP contribution in [0.5, 0.6) is 0 Å². The van der Waals surface area contributed by atoms with Gasteiger partial charge in [-0.3, -0.25) is 0 Å². The predicted molar refractivity (Wildman–Crippen MR) is 149 cm³/mol. The molecular weight excluding hydrogens is 452 g/mol. The van der Waals surface area contributed by atoms with E-state index in [-0.39, 0.29) is 12.1 Å². The molecular formula is C30H32N2S2. The van der Waals surface area contributed by atoms with Gasteiger partial charge in [-0.2, -0.15) is 0 Å². The van der Waals surface area contributed by atoms with E-state index in [9.17, 15) is 0 Å². The highest BCUT2D eigenvalue weighted by Crippen LogP contribution is 2.42. The highest BCUT2D eigenvalue weighted by Gasteiger charge is 2.22. The minimum atomic E-state index is 0.282. The van der Waals surface area contributed by atoms with Crippen molar-refractivity contribution >= 4 is 22.0 Å². The summed E-state index contributed by atoms with van der Waals surface area (Å²) in [6.07, 6.45) is 0. The van der Waals surface area contributed by atoms with Gasteiger partial charge in [-0.1, -0.05) is 121 Å². The van der Waals surface area contributed by atoms with Crippen LogP contribution in [0, 0.1) is 0 Å². The second-order valence-electron chi connectivity index (χ2n) is 8.44. The molecule has 0 aromatic heterocycles. The van der Waals surface area contributed by atoms with Crippen LogP contribution in [0.4, 0.5) is 0 Å². The summed E-state index contributed by atoms with van der Waals surface area (Å²) < 4.78 is 4.98. The van der Waals surface area contributed by atoms with Crippen molar-refractivity contribution in [3.05, 3.63) is 144 Å². The third-order valence-corrected chi connectivity index (χ3v) is 8.70. The number of hydrogen-bond acceptors (Lipinski definition) is 4. The molecule has 0 bridgehead atoms. The summed E-state index contributed by atoms with van der Waals surface area (Å²) in [5, 5.41) is 0. The Bertz CT molecular complexity index is 1000. The largest absolute Gasteiger partial charge is 0.229 e. The first-order valence-electron chi connectivity index (χ1n) is 11.8. The third-order valence-electron chi connectivity index (χ3n) is 6.02. The fraction of sp³-hybridized carbons (Fsp3) is 0.200. The van der Waals surface area contributed by atoms with E-state index in [2.05, 4.69) is 144 Å². The van der Waals surface area contributed by atoms with Crippen LogP contribution in [0.25, 0.3) is 0 Å². The molecule has 0 unspecified atom stereocenters. The summed E-state index contributed by atoms with van der Waals surface area (Å²) in [6.45, 7) is 6.36. The number of benzene rings is 4. The van der Waals surface area contributed by atoms with Crippen molar-refractivity contribution in [3.8, 4) is 0 Å². The molecule has 4 aromatic rings. The van der Waals surface area contributed by atoms with Crippen LogP contribution < -0.4 is 0 Å². The summed E-state index contributed by atoms with van der Waals surface area (Å²) >= 11 is 0. The Kier molecular flexibility index (Phi) is 9.28. The molecule has 34 heavy (non-hydrogen) atoms. The summed E-state index contributed by atoms with van der Waals surface area (Å²) in [5.74, 6) is 0. The average molecular weight is 485 g/mol. The number of rotatable bonds is 11. The van der Waals surface area contributed by atoms with Gasteiger partial charge in [0.1, 0.15) is 0 Å². The fourth-order valence-electron chi connectivity index (χ4n) is 3.86. The van der Waals surface area contributed by atoms with Crippen LogP contribution in [0.15, 0.2) is 121 Å². The van der Waals surface area contributed by atoms with Crippen molar-refractivity contribution in [1.82, 2.24) is 8.61 Å². The van der Waals surface area contributed by atoms with Crippen LogP contribution in [-0.2, 0) is 13.1 Å². The Balaban J connectivity index is 1.55. The predicted octanol–water partition coefficient (Wildman–Crippen LogP) is 8.72. The molecule has 0 N–H and O–H groups in total. The van der Waals surface area contributed by atoms with E-state index in [0.29, 0.717) is 0 Å². The van der Waals surface area contributed by atoms with Gasteiger partial charge in [0, 0.05) is 47.1 Å². The van der Waals surface area contributed by atoms with Gasteiger partial charge in [-0.05, 0) is 36.1 Å². The molecule has 0 heterocycles. The van der Waals surface area contributed by atoms with E-state index in [1.165, 1.54) is 22.3 Å². The normalized spacial score (nSPS) is 13.2. The van der Waals surface area contributed by atoms with Gasteiger partial charge < -0.3 is 0 Å². The van der Waals surface area contributed by atoms with Gasteiger partial charge in [0.15, 0.2) is 0 Å². The number of hydrogen-bond donors (Lipinski definition) is 0. The molecule has 0 radical (unpaired) electrons. The molecule has 4 aromatic carbocycles. The van der Waals surface area contributed by atoms with E-state index in [1.807, 2.05) is 22.0 Å². The second kappa shape index (κ2) is 12.8. The topological polar surface area (TPSA) is 6.48 Å². The average Bonchev–Trinajstić information content (AvgIpc) is 2.91. The van der Waals surface area contributed by atoms with Crippen LogP contribution in [0.3, 0.4) is 0 Å². The van der Waals surface area contributed by atoms with E-state index in [1.54, 1.807) is 0 Å². The Morgan fingerprint density at radius 2 is 0.765 bits per heavy atom. The van der Waals surface area contributed by atoms with Gasteiger partial charge in [0.25, 0.3) is 0 Å². The Hall–Kier alpha value is -2.50. The summed E-state index contributed by atoms with van der Waals surface area (Å²) in [5.41, 5.74) is 5.31. The Morgan fingerprint density at radius 1 is 0.471 bits per heavy atom.